The van der Waals surface area contributed by atoms with Crippen LogP contribution in [0.3, 0.4) is 0 Å². The van der Waals surface area contributed by atoms with Crippen molar-refractivity contribution in [1.29, 1.82) is 0 Å². The Labute approximate surface area is 176 Å². The molecule has 166 valence electrons. The molecule has 0 bridgehead atoms. The van der Waals surface area contributed by atoms with Gasteiger partial charge in [-0.15, -0.1) is 0 Å². The van der Waals surface area contributed by atoms with Crippen LogP contribution in [0.2, 0.25) is 5.28 Å². The molecule has 0 spiro atoms. The Hall–Kier alpha value is -1.37. The number of nitrogens with one attached hydrogen (secondary N) is 1. The Morgan fingerprint density at radius 1 is 1.30 bits per heavy atom. The third kappa shape index (κ3) is 4.76. The molecular formula is C16H23ClN5O7P. The molecule has 2 fully saturated rings. The van der Waals surface area contributed by atoms with Crippen LogP contribution in [0.15, 0.2) is 6.33 Å². The monoisotopic (exact) mass is 463 g/mol. The van der Waals surface area contributed by atoms with Gasteiger partial charge in [-0.2, -0.15) is 9.97 Å². The number of imidazole rings is 1. The van der Waals surface area contributed by atoms with Crippen LogP contribution in [0.4, 0.5) is 5.82 Å². The number of anilines is 1. The van der Waals surface area contributed by atoms with Crippen LogP contribution in [0.25, 0.3) is 11.2 Å². The molecule has 0 radical (unpaired) electrons. The minimum absolute atomic E-state index is 0.000639. The molecule has 1 aliphatic heterocycles. The average Bonchev–Trinajstić information content (AvgIpc) is 3.34. The largest absolute Gasteiger partial charge is 0.391 e. The van der Waals surface area contributed by atoms with Gasteiger partial charge in [0.05, 0.1) is 31.2 Å². The highest BCUT2D eigenvalue weighted by Gasteiger charge is 2.37. The lowest BCUT2D eigenvalue weighted by Crippen LogP contribution is -2.28. The Morgan fingerprint density at radius 2 is 2.10 bits per heavy atom. The molecule has 5 N–H and O–H groups in total. The summed E-state index contributed by atoms with van der Waals surface area (Å²) in [5.74, 6) is 0.412. The minimum Gasteiger partial charge on any atom is -0.391 e. The second-order valence-corrected chi connectivity index (χ2v) is 9.44. The van der Waals surface area contributed by atoms with Gasteiger partial charge < -0.3 is 34.8 Å². The SMILES string of the molecule is O=P(O)(O)COC[C@H]1OC(n2cnc3c(NC4CCCC4O)nc(Cl)nc32)C[C@@H]1O. The fraction of sp³-hybridized carbons (Fsp3) is 0.688. The fourth-order valence-corrected chi connectivity index (χ4v) is 4.32. The molecule has 4 rings (SSSR count). The van der Waals surface area contributed by atoms with Crippen molar-refractivity contribution in [2.24, 2.45) is 0 Å². The highest BCUT2D eigenvalue weighted by atomic mass is 35.5. The summed E-state index contributed by atoms with van der Waals surface area (Å²) in [6, 6.07) is -0.149. The summed E-state index contributed by atoms with van der Waals surface area (Å²) >= 11 is 6.10. The van der Waals surface area contributed by atoms with E-state index in [0.717, 1.165) is 12.8 Å². The number of aromatic nitrogens is 4. The van der Waals surface area contributed by atoms with E-state index >= 15 is 0 Å². The Morgan fingerprint density at radius 3 is 2.80 bits per heavy atom. The summed E-state index contributed by atoms with van der Waals surface area (Å²) in [4.78, 5) is 30.5. The summed E-state index contributed by atoms with van der Waals surface area (Å²) in [6.07, 6.45) is 0.644. The lowest BCUT2D eigenvalue weighted by Gasteiger charge is -2.18. The number of rotatable bonds is 7. The number of nitrogens with zero attached hydrogens (tertiary/aromatic N) is 4. The van der Waals surface area contributed by atoms with Crippen LogP contribution in [0, 0.1) is 0 Å². The van der Waals surface area contributed by atoms with E-state index in [2.05, 4.69) is 20.3 Å². The zero-order chi connectivity index (χ0) is 21.5. The smallest absolute Gasteiger partial charge is 0.350 e. The van der Waals surface area contributed by atoms with Crippen molar-refractivity contribution in [3.8, 4) is 0 Å². The standard InChI is InChI=1S/C16H23ClN5O7P/c17-16-20-14(19-8-2-1-3-9(8)23)13-15(21-16)22(6-18-13)12-4-10(24)11(29-12)5-28-7-30(25,26)27/h6,8-12,23-24H,1-5,7H2,(H,19,20,21)(H2,25,26,27)/t8?,9?,10-,11+,12?/m0/s1. The molecule has 0 aromatic carbocycles. The third-order valence-electron chi connectivity index (χ3n) is 5.25. The maximum Gasteiger partial charge on any atom is 0.350 e. The van der Waals surface area contributed by atoms with Gasteiger partial charge in [-0.3, -0.25) is 9.13 Å². The first-order valence-corrected chi connectivity index (χ1v) is 11.7. The van der Waals surface area contributed by atoms with Crippen molar-refractivity contribution < 1.29 is 34.0 Å². The molecular weight excluding hydrogens is 441 g/mol. The van der Waals surface area contributed by atoms with Gasteiger partial charge in [0, 0.05) is 6.42 Å². The molecule has 2 aromatic heterocycles. The fourth-order valence-electron chi connectivity index (χ4n) is 3.81. The van der Waals surface area contributed by atoms with Crippen LogP contribution in [-0.2, 0) is 14.0 Å². The van der Waals surface area contributed by atoms with Gasteiger partial charge in [0.2, 0.25) is 5.28 Å². The van der Waals surface area contributed by atoms with Crippen molar-refractivity contribution >= 4 is 36.2 Å². The molecule has 1 saturated carbocycles. The number of hydrogen-bond acceptors (Lipinski definition) is 9. The van der Waals surface area contributed by atoms with Crippen molar-refractivity contribution in [3.63, 3.8) is 0 Å². The summed E-state index contributed by atoms with van der Waals surface area (Å²) in [6.45, 7) is -0.169. The lowest BCUT2D eigenvalue weighted by atomic mass is 10.2. The molecule has 1 aliphatic carbocycles. The predicted octanol–water partition coefficient (Wildman–Crippen LogP) is 0.605. The average molecular weight is 464 g/mol. The Kier molecular flexibility index (Phi) is 6.29. The predicted molar refractivity (Wildman–Crippen MR) is 105 cm³/mol. The van der Waals surface area contributed by atoms with Crippen molar-refractivity contribution in [3.05, 3.63) is 11.6 Å². The molecule has 2 aliphatic rings. The first kappa shape index (κ1) is 21.8. The van der Waals surface area contributed by atoms with Crippen molar-refractivity contribution in [1.82, 2.24) is 19.5 Å². The third-order valence-corrected chi connectivity index (χ3v) is 5.94. The van der Waals surface area contributed by atoms with Gasteiger partial charge in [0.25, 0.3) is 0 Å². The summed E-state index contributed by atoms with van der Waals surface area (Å²) in [5, 5.41) is 23.5. The second-order valence-electron chi connectivity index (χ2n) is 7.51. The number of hydrogen-bond donors (Lipinski definition) is 5. The normalized spacial score (nSPS) is 29.7. The quantitative estimate of drug-likeness (QED) is 0.287. The number of aliphatic hydroxyl groups is 2. The Balaban J connectivity index is 1.51. The van der Waals surface area contributed by atoms with Gasteiger partial charge >= 0.3 is 7.60 Å². The number of halogens is 1. The van der Waals surface area contributed by atoms with Gasteiger partial charge in [0.15, 0.2) is 17.0 Å². The molecule has 1 saturated heterocycles. The van der Waals surface area contributed by atoms with E-state index in [-0.39, 0.29) is 24.4 Å². The molecule has 12 nitrogen and oxygen atoms in total. The molecule has 2 aromatic rings. The molecule has 0 amide bonds. The maximum absolute atomic E-state index is 10.9. The number of ether oxygens (including phenoxy) is 2. The lowest BCUT2D eigenvalue weighted by molar-refractivity contribution is -0.0564. The zero-order valence-corrected chi connectivity index (χ0v) is 17.5. The number of fused-ring (bicyclic) bond motifs is 1. The van der Waals surface area contributed by atoms with Crippen molar-refractivity contribution in [2.45, 2.75) is 56.3 Å². The summed E-state index contributed by atoms with van der Waals surface area (Å²) in [5.41, 5.74) is 0.858. The highest BCUT2D eigenvalue weighted by molar-refractivity contribution is 7.51. The summed E-state index contributed by atoms with van der Waals surface area (Å²) < 4.78 is 23.3. The maximum atomic E-state index is 10.9. The molecule has 3 unspecified atom stereocenters. The molecule has 30 heavy (non-hydrogen) atoms. The first-order valence-electron chi connectivity index (χ1n) is 9.52. The molecule has 14 heteroatoms. The van der Waals surface area contributed by atoms with Crippen LogP contribution in [0.1, 0.15) is 31.9 Å². The zero-order valence-electron chi connectivity index (χ0n) is 15.8. The molecule has 5 atom stereocenters. The van der Waals surface area contributed by atoms with Gasteiger partial charge in [-0.1, -0.05) is 0 Å². The Bertz CT molecular complexity index is 955. The van der Waals surface area contributed by atoms with Crippen molar-refractivity contribution in [2.75, 3.05) is 18.3 Å². The van der Waals surface area contributed by atoms with E-state index in [1.165, 1.54) is 6.33 Å². The van der Waals surface area contributed by atoms with Gasteiger partial charge in [-0.25, -0.2) is 4.98 Å². The highest BCUT2D eigenvalue weighted by Crippen LogP contribution is 2.36. The van der Waals surface area contributed by atoms with E-state index < -0.39 is 38.5 Å². The van der Waals surface area contributed by atoms with Gasteiger partial charge in [-0.05, 0) is 30.9 Å². The molecule has 3 heterocycles. The minimum atomic E-state index is -4.30. The second kappa shape index (κ2) is 8.64. The topological polar surface area (TPSA) is 172 Å². The van der Waals surface area contributed by atoms with Gasteiger partial charge in [0.1, 0.15) is 18.7 Å². The van der Waals surface area contributed by atoms with Crippen LogP contribution < -0.4 is 5.32 Å². The first-order chi connectivity index (χ1) is 14.2. The van der Waals surface area contributed by atoms with E-state index in [0.29, 0.717) is 23.4 Å². The summed E-state index contributed by atoms with van der Waals surface area (Å²) in [7, 11) is -4.30. The van der Waals surface area contributed by atoms with E-state index in [1.54, 1.807) is 4.57 Å². The number of aliphatic hydroxyl groups excluding tert-OH is 2. The van der Waals surface area contributed by atoms with E-state index in [9.17, 15) is 14.8 Å². The van der Waals surface area contributed by atoms with Crippen LogP contribution in [-0.4, -0.2) is 76.8 Å². The van der Waals surface area contributed by atoms with E-state index in [1.807, 2.05) is 0 Å². The van der Waals surface area contributed by atoms with E-state index in [4.69, 9.17) is 30.9 Å². The van der Waals surface area contributed by atoms with Crippen LogP contribution in [0.5, 0.6) is 0 Å². The van der Waals surface area contributed by atoms with Crippen LogP contribution >= 0.6 is 19.2 Å².